The predicted octanol–water partition coefficient (Wildman–Crippen LogP) is 4.51. The number of ether oxygens (including phenoxy) is 1. The zero-order valence-electron chi connectivity index (χ0n) is 13.1. The van der Waals surface area contributed by atoms with Crippen LogP contribution in [0.4, 0.5) is 18.9 Å². The van der Waals surface area contributed by atoms with Gasteiger partial charge < -0.3 is 10.1 Å². The summed E-state index contributed by atoms with van der Waals surface area (Å²) < 4.78 is 43.5. The molecule has 128 valence electrons. The maximum Gasteiger partial charge on any atom is 0.416 e. The van der Waals surface area contributed by atoms with E-state index in [0.717, 1.165) is 12.1 Å². The summed E-state index contributed by atoms with van der Waals surface area (Å²) in [6, 6.07) is 11.3. The first-order valence-electron chi connectivity index (χ1n) is 7.30. The molecule has 7 heteroatoms. The molecule has 25 heavy (non-hydrogen) atoms. The monoisotopic (exact) mass is 346 g/mol. The van der Waals surface area contributed by atoms with Gasteiger partial charge in [0.1, 0.15) is 5.75 Å². The Labute approximate surface area is 141 Å². The lowest BCUT2D eigenvalue weighted by molar-refractivity contribution is -0.137. The number of rotatable bonds is 3. The Bertz CT molecular complexity index is 939. The lowest BCUT2D eigenvalue weighted by Crippen LogP contribution is -2.12. The maximum absolute atomic E-state index is 12.8. The average molecular weight is 346 g/mol. The number of nitrogens with zero attached hydrogens (tertiary/aromatic N) is 1. The standard InChI is InChI=1S/C18H13F3N2O2/c1-25-13-4-2-3-11(9-13)17(24)23-15-7-8-22-16-10-12(18(19,20)21)5-6-14(15)16/h2-10H,1H3,(H,22,23,24). The number of pyridine rings is 1. The molecule has 0 fully saturated rings. The van der Waals surface area contributed by atoms with E-state index in [1.807, 2.05) is 0 Å². The maximum atomic E-state index is 12.8. The van der Waals surface area contributed by atoms with Gasteiger partial charge in [0, 0.05) is 17.1 Å². The zero-order chi connectivity index (χ0) is 18.0. The molecule has 1 amide bonds. The number of anilines is 1. The topological polar surface area (TPSA) is 51.2 Å². The van der Waals surface area contributed by atoms with Gasteiger partial charge in [-0.1, -0.05) is 12.1 Å². The summed E-state index contributed by atoms with van der Waals surface area (Å²) in [6.07, 6.45) is -3.10. The molecule has 1 N–H and O–H groups in total. The van der Waals surface area contributed by atoms with E-state index in [9.17, 15) is 18.0 Å². The second kappa shape index (κ2) is 6.43. The quantitative estimate of drug-likeness (QED) is 0.759. The van der Waals surface area contributed by atoms with Crippen molar-refractivity contribution in [1.82, 2.24) is 4.98 Å². The van der Waals surface area contributed by atoms with Crippen LogP contribution < -0.4 is 10.1 Å². The summed E-state index contributed by atoms with van der Waals surface area (Å²) in [4.78, 5) is 16.3. The average Bonchev–Trinajstić information content (AvgIpc) is 2.60. The number of halogens is 3. The summed E-state index contributed by atoms with van der Waals surface area (Å²) in [5, 5.41) is 3.12. The largest absolute Gasteiger partial charge is 0.497 e. The van der Waals surface area contributed by atoms with Crippen LogP contribution in [-0.2, 0) is 6.18 Å². The molecular weight excluding hydrogens is 333 g/mol. The van der Waals surface area contributed by atoms with Gasteiger partial charge in [-0.25, -0.2) is 0 Å². The van der Waals surface area contributed by atoms with Crippen molar-refractivity contribution in [3.05, 3.63) is 65.9 Å². The second-order valence-corrected chi connectivity index (χ2v) is 5.27. The van der Waals surface area contributed by atoms with E-state index >= 15 is 0 Å². The van der Waals surface area contributed by atoms with Gasteiger partial charge in [0.2, 0.25) is 0 Å². The SMILES string of the molecule is COc1cccc(C(=O)Nc2ccnc3cc(C(F)(F)F)ccc23)c1. The van der Waals surface area contributed by atoms with Crippen LogP contribution in [0.1, 0.15) is 15.9 Å². The van der Waals surface area contributed by atoms with Crippen molar-refractivity contribution >= 4 is 22.5 Å². The molecule has 2 aromatic carbocycles. The normalized spacial score (nSPS) is 11.4. The van der Waals surface area contributed by atoms with Crippen molar-refractivity contribution in [2.45, 2.75) is 6.18 Å². The molecule has 0 atom stereocenters. The number of amides is 1. The summed E-state index contributed by atoms with van der Waals surface area (Å²) in [5.41, 5.74) is 0.116. The van der Waals surface area contributed by atoms with Crippen molar-refractivity contribution in [2.24, 2.45) is 0 Å². The Hall–Kier alpha value is -3.09. The first-order valence-corrected chi connectivity index (χ1v) is 7.30. The van der Waals surface area contributed by atoms with Crippen LogP contribution in [0.3, 0.4) is 0 Å². The van der Waals surface area contributed by atoms with Crippen LogP contribution in [0.2, 0.25) is 0 Å². The molecular formula is C18H13F3N2O2. The fourth-order valence-corrected chi connectivity index (χ4v) is 2.39. The number of methoxy groups -OCH3 is 1. The minimum absolute atomic E-state index is 0.151. The Morgan fingerprint density at radius 2 is 1.92 bits per heavy atom. The highest BCUT2D eigenvalue weighted by molar-refractivity contribution is 6.08. The minimum atomic E-state index is -4.45. The fraction of sp³-hybridized carbons (Fsp3) is 0.111. The highest BCUT2D eigenvalue weighted by Crippen LogP contribution is 2.32. The van der Waals surface area contributed by atoms with Gasteiger partial charge in [-0.3, -0.25) is 9.78 Å². The van der Waals surface area contributed by atoms with Crippen LogP contribution in [-0.4, -0.2) is 18.0 Å². The predicted molar refractivity (Wildman–Crippen MR) is 87.7 cm³/mol. The Kier molecular flexibility index (Phi) is 4.31. The lowest BCUT2D eigenvalue weighted by Gasteiger charge is -2.11. The number of alkyl halides is 3. The fourth-order valence-electron chi connectivity index (χ4n) is 2.39. The second-order valence-electron chi connectivity index (χ2n) is 5.27. The molecule has 0 spiro atoms. The van der Waals surface area contributed by atoms with Gasteiger partial charge in [0.25, 0.3) is 5.91 Å². The van der Waals surface area contributed by atoms with Crippen molar-refractivity contribution in [2.75, 3.05) is 12.4 Å². The molecule has 0 aliphatic carbocycles. The Balaban J connectivity index is 1.94. The molecule has 1 heterocycles. The molecule has 0 aliphatic heterocycles. The molecule has 4 nitrogen and oxygen atoms in total. The molecule has 3 rings (SSSR count). The van der Waals surface area contributed by atoms with Crippen LogP contribution >= 0.6 is 0 Å². The van der Waals surface area contributed by atoms with Crippen LogP contribution in [0.25, 0.3) is 10.9 Å². The van der Waals surface area contributed by atoms with Crippen LogP contribution in [0.15, 0.2) is 54.7 Å². The van der Waals surface area contributed by atoms with E-state index in [1.165, 1.54) is 25.4 Å². The number of carbonyl (C=O) groups excluding carboxylic acids is 1. The van der Waals surface area contributed by atoms with Gasteiger partial charge in [-0.2, -0.15) is 13.2 Å². The number of carbonyl (C=O) groups is 1. The summed E-state index contributed by atoms with van der Waals surface area (Å²) in [5.74, 6) is 0.133. The van der Waals surface area contributed by atoms with E-state index in [2.05, 4.69) is 10.3 Å². The third-order valence-electron chi connectivity index (χ3n) is 3.65. The van der Waals surface area contributed by atoms with Crippen LogP contribution in [0, 0.1) is 0 Å². The van der Waals surface area contributed by atoms with E-state index < -0.39 is 17.6 Å². The summed E-state index contributed by atoms with van der Waals surface area (Å²) >= 11 is 0. The third-order valence-corrected chi connectivity index (χ3v) is 3.65. The minimum Gasteiger partial charge on any atom is -0.497 e. The highest BCUT2D eigenvalue weighted by atomic mass is 19.4. The number of hydrogen-bond donors (Lipinski definition) is 1. The van der Waals surface area contributed by atoms with Crippen molar-refractivity contribution in [3.8, 4) is 5.75 Å². The van der Waals surface area contributed by atoms with Crippen molar-refractivity contribution < 1.29 is 22.7 Å². The van der Waals surface area contributed by atoms with E-state index in [-0.39, 0.29) is 5.52 Å². The van der Waals surface area contributed by atoms with Crippen molar-refractivity contribution in [3.63, 3.8) is 0 Å². The highest BCUT2D eigenvalue weighted by Gasteiger charge is 2.30. The molecule has 0 saturated heterocycles. The first-order chi connectivity index (χ1) is 11.9. The molecule has 0 bridgehead atoms. The number of benzene rings is 2. The Morgan fingerprint density at radius 1 is 1.12 bits per heavy atom. The molecule has 1 aromatic heterocycles. The first kappa shape index (κ1) is 16.8. The van der Waals surface area contributed by atoms with Gasteiger partial charge in [-0.15, -0.1) is 0 Å². The number of nitrogens with one attached hydrogen (secondary N) is 1. The smallest absolute Gasteiger partial charge is 0.416 e. The van der Waals surface area contributed by atoms with Gasteiger partial charge in [-0.05, 0) is 36.4 Å². The molecule has 0 aliphatic rings. The number of hydrogen-bond acceptors (Lipinski definition) is 3. The molecule has 0 unspecified atom stereocenters. The number of aromatic nitrogens is 1. The van der Waals surface area contributed by atoms with Gasteiger partial charge in [0.15, 0.2) is 0 Å². The van der Waals surface area contributed by atoms with Crippen LogP contribution in [0.5, 0.6) is 5.75 Å². The third kappa shape index (κ3) is 3.55. The van der Waals surface area contributed by atoms with Gasteiger partial charge in [0.05, 0.1) is 23.9 Å². The molecule has 0 radical (unpaired) electrons. The number of fused-ring (bicyclic) bond motifs is 1. The summed E-state index contributed by atoms with van der Waals surface area (Å²) in [7, 11) is 1.49. The molecule has 0 saturated carbocycles. The lowest BCUT2D eigenvalue weighted by atomic mass is 10.1. The van der Waals surface area contributed by atoms with Crippen molar-refractivity contribution in [1.29, 1.82) is 0 Å². The summed E-state index contributed by atoms with van der Waals surface area (Å²) in [6.45, 7) is 0. The van der Waals surface area contributed by atoms with E-state index in [1.54, 1.807) is 24.3 Å². The zero-order valence-corrected chi connectivity index (χ0v) is 13.1. The molecule has 3 aromatic rings. The Morgan fingerprint density at radius 3 is 2.64 bits per heavy atom. The van der Waals surface area contributed by atoms with Gasteiger partial charge >= 0.3 is 6.18 Å². The van der Waals surface area contributed by atoms with E-state index in [4.69, 9.17) is 4.74 Å². The van der Waals surface area contributed by atoms with E-state index in [0.29, 0.717) is 22.4 Å².